The number of carbonyl (C=O) groups is 2. The summed E-state index contributed by atoms with van der Waals surface area (Å²) in [5, 5.41) is 10.5. The molecule has 13 heavy (non-hydrogen) atoms. The second kappa shape index (κ2) is 6.42. The van der Waals surface area contributed by atoms with E-state index in [1.807, 2.05) is 19.0 Å². The van der Waals surface area contributed by atoms with Crippen LogP contribution in [0.1, 0.15) is 12.8 Å². The van der Waals surface area contributed by atoms with E-state index in [0.717, 1.165) is 19.4 Å². The van der Waals surface area contributed by atoms with E-state index >= 15 is 0 Å². The Kier molecular flexibility index (Phi) is 5.88. The molecule has 0 aliphatic rings. The molecular formula is C8H16N2O3. The molecule has 0 aromatic heterocycles. The lowest BCUT2D eigenvalue weighted by atomic mass is 10.3. The molecule has 0 spiro atoms. The van der Waals surface area contributed by atoms with Crippen molar-refractivity contribution in [2.45, 2.75) is 12.8 Å². The van der Waals surface area contributed by atoms with Crippen LogP contribution in [0.25, 0.3) is 0 Å². The summed E-state index contributed by atoms with van der Waals surface area (Å²) >= 11 is 0. The van der Waals surface area contributed by atoms with Gasteiger partial charge in [0.15, 0.2) is 0 Å². The Morgan fingerprint density at radius 1 is 1.31 bits per heavy atom. The summed E-state index contributed by atoms with van der Waals surface area (Å²) in [6.07, 6.45) is 1.75. The molecule has 5 nitrogen and oxygen atoms in total. The Morgan fingerprint density at radius 3 is 2.38 bits per heavy atom. The van der Waals surface area contributed by atoms with Gasteiger partial charge in [-0.2, -0.15) is 0 Å². The van der Waals surface area contributed by atoms with Crippen LogP contribution in [0.15, 0.2) is 0 Å². The van der Waals surface area contributed by atoms with E-state index in [2.05, 4.69) is 5.32 Å². The highest BCUT2D eigenvalue weighted by molar-refractivity contribution is 6.31. The Morgan fingerprint density at radius 2 is 1.92 bits per heavy atom. The van der Waals surface area contributed by atoms with Crippen molar-refractivity contribution in [3.05, 3.63) is 0 Å². The molecule has 0 rings (SSSR count). The minimum atomic E-state index is -1.42. The van der Waals surface area contributed by atoms with Crippen LogP contribution < -0.4 is 5.32 Å². The normalized spacial score (nSPS) is 10.1. The van der Waals surface area contributed by atoms with Crippen molar-refractivity contribution in [2.24, 2.45) is 0 Å². The zero-order chi connectivity index (χ0) is 10.3. The number of carbonyl (C=O) groups excluding carboxylic acids is 1. The molecule has 2 N–H and O–H groups in total. The van der Waals surface area contributed by atoms with Gasteiger partial charge in [0.1, 0.15) is 0 Å². The lowest BCUT2D eigenvalue weighted by molar-refractivity contribution is -0.150. The van der Waals surface area contributed by atoms with Gasteiger partial charge in [-0.15, -0.1) is 0 Å². The van der Waals surface area contributed by atoms with E-state index in [4.69, 9.17) is 5.11 Å². The molecule has 0 bridgehead atoms. The van der Waals surface area contributed by atoms with Crippen LogP contribution in [0.2, 0.25) is 0 Å². The number of aliphatic carboxylic acids is 1. The fourth-order valence-electron chi connectivity index (χ4n) is 0.831. The Balaban J connectivity index is 3.26. The third-order valence-corrected chi connectivity index (χ3v) is 1.51. The third kappa shape index (κ3) is 7.27. The summed E-state index contributed by atoms with van der Waals surface area (Å²) in [4.78, 5) is 22.6. The number of hydrogen-bond donors (Lipinski definition) is 2. The smallest absolute Gasteiger partial charge is 0.394 e. The van der Waals surface area contributed by atoms with Gasteiger partial charge >= 0.3 is 11.9 Å². The Labute approximate surface area is 77.7 Å². The van der Waals surface area contributed by atoms with Crippen molar-refractivity contribution < 1.29 is 14.7 Å². The van der Waals surface area contributed by atoms with Gasteiger partial charge in [-0.25, -0.2) is 4.79 Å². The third-order valence-electron chi connectivity index (χ3n) is 1.51. The maximum Gasteiger partial charge on any atom is 0.394 e. The Hall–Kier alpha value is -1.10. The highest BCUT2D eigenvalue weighted by atomic mass is 16.4. The van der Waals surface area contributed by atoms with Gasteiger partial charge in [-0.05, 0) is 33.5 Å². The van der Waals surface area contributed by atoms with E-state index in [1.54, 1.807) is 0 Å². The lowest BCUT2D eigenvalue weighted by Gasteiger charge is -2.08. The number of hydrogen-bond acceptors (Lipinski definition) is 3. The monoisotopic (exact) mass is 188 g/mol. The topological polar surface area (TPSA) is 69.6 Å². The second-order valence-corrected chi connectivity index (χ2v) is 3.07. The average Bonchev–Trinajstić information content (AvgIpc) is 2.02. The van der Waals surface area contributed by atoms with Gasteiger partial charge in [0.25, 0.3) is 0 Å². The summed E-state index contributed by atoms with van der Waals surface area (Å²) in [5.41, 5.74) is 0. The van der Waals surface area contributed by atoms with Crippen LogP contribution in [0.3, 0.4) is 0 Å². The van der Waals surface area contributed by atoms with Crippen LogP contribution in [0.4, 0.5) is 0 Å². The molecule has 0 aliphatic heterocycles. The first-order valence-electron chi connectivity index (χ1n) is 4.20. The highest BCUT2D eigenvalue weighted by Crippen LogP contribution is 1.88. The molecule has 0 aliphatic carbocycles. The van der Waals surface area contributed by atoms with Gasteiger partial charge < -0.3 is 15.3 Å². The summed E-state index contributed by atoms with van der Waals surface area (Å²) in [7, 11) is 3.94. The lowest BCUT2D eigenvalue weighted by Crippen LogP contribution is -2.31. The number of carboxylic acid groups (broad SMARTS) is 1. The molecule has 0 saturated carbocycles. The molecule has 0 saturated heterocycles. The van der Waals surface area contributed by atoms with Crippen LogP contribution in [0.5, 0.6) is 0 Å². The molecule has 1 amide bonds. The first-order chi connectivity index (χ1) is 6.04. The maximum atomic E-state index is 10.5. The van der Waals surface area contributed by atoms with Crippen molar-refractivity contribution in [3.63, 3.8) is 0 Å². The van der Waals surface area contributed by atoms with E-state index < -0.39 is 11.9 Å². The van der Waals surface area contributed by atoms with Crippen molar-refractivity contribution in [1.82, 2.24) is 10.2 Å². The van der Waals surface area contributed by atoms with E-state index in [1.165, 1.54) is 0 Å². The second-order valence-electron chi connectivity index (χ2n) is 3.07. The predicted octanol–water partition coefficient (Wildman–Crippen LogP) is -0.471. The van der Waals surface area contributed by atoms with E-state index in [-0.39, 0.29) is 0 Å². The van der Waals surface area contributed by atoms with Gasteiger partial charge in [0.05, 0.1) is 0 Å². The molecule has 0 heterocycles. The number of carboxylic acids is 1. The van der Waals surface area contributed by atoms with Crippen molar-refractivity contribution in [1.29, 1.82) is 0 Å². The van der Waals surface area contributed by atoms with Crippen LogP contribution in [0, 0.1) is 0 Å². The number of rotatable bonds is 5. The SMILES string of the molecule is CN(C)CCCCNC(=O)C(=O)O. The van der Waals surface area contributed by atoms with E-state index in [9.17, 15) is 9.59 Å². The highest BCUT2D eigenvalue weighted by Gasteiger charge is 2.08. The molecule has 0 aromatic rings. The molecule has 5 heteroatoms. The number of unbranched alkanes of at least 4 members (excludes halogenated alkanes) is 1. The quantitative estimate of drug-likeness (QED) is 0.452. The molecule has 0 aromatic carbocycles. The fraction of sp³-hybridized carbons (Fsp3) is 0.750. The van der Waals surface area contributed by atoms with Gasteiger partial charge in [0.2, 0.25) is 0 Å². The molecule has 0 fully saturated rings. The Bertz CT molecular complexity index is 180. The first kappa shape index (κ1) is 11.9. The summed E-state index contributed by atoms with van der Waals surface area (Å²) < 4.78 is 0. The molecule has 0 radical (unpaired) electrons. The average molecular weight is 188 g/mol. The zero-order valence-electron chi connectivity index (χ0n) is 8.04. The zero-order valence-corrected chi connectivity index (χ0v) is 8.04. The largest absolute Gasteiger partial charge is 0.474 e. The predicted molar refractivity (Wildman–Crippen MR) is 48.4 cm³/mol. The minimum absolute atomic E-state index is 0.430. The van der Waals surface area contributed by atoms with Crippen molar-refractivity contribution in [3.8, 4) is 0 Å². The number of nitrogens with one attached hydrogen (secondary N) is 1. The van der Waals surface area contributed by atoms with Gasteiger partial charge in [0, 0.05) is 6.54 Å². The number of nitrogens with zero attached hydrogens (tertiary/aromatic N) is 1. The summed E-state index contributed by atoms with van der Waals surface area (Å²) in [6.45, 7) is 1.38. The number of amides is 1. The van der Waals surface area contributed by atoms with Gasteiger partial charge in [-0.1, -0.05) is 0 Å². The summed E-state index contributed by atoms with van der Waals surface area (Å²) in [5.74, 6) is -2.35. The standard InChI is InChI=1S/C8H16N2O3/c1-10(2)6-4-3-5-9-7(11)8(12)13/h3-6H2,1-2H3,(H,9,11)(H,12,13). The maximum absolute atomic E-state index is 10.5. The molecule has 0 unspecified atom stereocenters. The fourth-order valence-corrected chi connectivity index (χ4v) is 0.831. The summed E-state index contributed by atoms with van der Waals surface area (Å²) in [6, 6.07) is 0. The van der Waals surface area contributed by atoms with Crippen molar-refractivity contribution in [2.75, 3.05) is 27.2 Å². The van der Waals surface area contributed by atoms with Gasteiger partial charge in [-0.3, -0.25) is 4.79 Å². The van der Waals surface area contributed by atoms with Crippen molar-refractivity contribution >= 4 is 11.9 Å². The molecule has 0 atom stereocenters. The van der Waals surface area contributed by atoms with Crippen LogP contribution in [-0.2, 0) is 9.59 Å². The van der Waals surface area contributed by atoms with E-state index in [0.29, 0.717) is 6.54 Å². The molecular weight excluding hydrogens is 172 g/mol. The van der Waals surface area contributed by atoms with Crippen LogP contribution >= 0.6 is 0 Å². The van der Waals surface area contributed by atoms with Crippen LogP contribution in [-0.4, -0.2) is 49.1 Å². The minimum Gasteiger partial charge on any atom is -0.474 e. The molecule has 76 valence electrons. The first-order valence-corrected chi connectivity index (χ1v) is 4.20.